The fourth-order valence-electron chi connectivity index (χ4n) is 2.51. The van der Waals surface area contributed by atoms with E-state index in [0.29, 0.717) is 17.0 Å². The van der Waals surface area contributed by atoms with Gasteiger partial charge in [0.2, 0.25) is 0 Å². The van der Waals surface area contributed by atoms with Crippen molar-refractivity contribution in [2.75, 3.05) is 10.8 Å². The van der Waals surface area contributed by atoms with Crippen molar-refractivity contribution >= 4 is 34.1 Å². The van der Waals surface area contributed by atoms with E-state index in [1.165, 1.54) is 0 Å². The first-order chi connectivity index (χ1) is 10.6. The molecule has 0 bridgehead atoms. The molecule has 0 radical (unpaired) electrons. The van der Waals surface area contributed by atoms with Crippen molar-refractivity contribution in [1.29, 1.82) is 0 Å². The van der Waals surface area contributed by atoms with Crippen LogP contribution in [0.4, 0.5) is 15.8 Å². The van der Waals surface area contributed by atoms with Gasteiger partial charge in [-0.05, 0) is 24.3 Å². The van der Waals surface area contributed by atoms with Gasteiger partial charge in [0, 0.05) is 16.3 Å². The average Bonchev–Trinajstić information content (AvgIpc) is 2.92. The molecule has 0 fully saturated rings. The number of rotatable bonds is 1. The minimum atomic E-state index is -0.747. The lowest BCUT2D eigenvalue weighted by atomic mass is 10.2. The Morgan fingerprint density at radius 1 is 1.18 bits per heavy atom. The fraction of sp³-hybridized carbons (Fsp3) is 0.0625. The number of para-hydroxylation sites is 1. The van der Waals surface area contributed by atoms with Gasteiger partial charge in [0.05, 0.1) is 11.6 Å². The molecule has 1 aliphatic heterocycles. The molecule has 1 aliphatic rings. The van der Waals surface area contributed by atoms with Crippen LogP contribution in [0.2, 0.25) is 0 Å². The minimum Gasteiger partial charge on any atom is -0.505 e. The van der Waals surface area contributed by atoms with Gasteiger partial charge in [-0.25, -0.2) is 9.18 Å². The molecule has 0 aliphatic carbocycles. The highest BCUT2D eigenvalue weighted by molar-refractivity contribution is 7.99. The molecule has 110 valence electrons. The third kappa shape index (κ3) is 1.95. The Bertz CT molecular complexity index is 954. The summed E-state index contributed by atoms with van der Waals surface area (Å²) in [5.41, 5.74) is 0.928. The molecule has 0 spiro atoms. The molecule has 0 amide bonds. The van der Waals surface area contributed by atoms with Gasteiger partial charge < -0.3 is 14.4 Å². The van der Waals surface area contributed by atoms with Gasteiger partial charge in [0.15, 0.2) is 11.6 Å². The Balaban J connectivity index is 1.91. The molecule has 4 nitrogen and oxygen atoms in total. The molecule has 1 aromatic heterocycles. The predicted octanol–water partition coefficient (Wildman–Crippen LogP) is 3.84. The van der Waals surface area contributed by atoms with Crippen molar-refractivity contribution in [2.24, 2.45) is 0 Å². The molecule has 6 heteroatoms. The number of benzene rings is 2. The molecule has 2 aromatic carbocycles. The number of aromatic hydroxyl groups is 1. The lowest BCUT2D eigenvalue weighted by molar-refractivity contribution is 0.431. The fourth-order valence-corrected chi connectivity index (χ4v) is 3.56. The van der Waals surface area contributed by atoms with Crippen molar-refractivity contribution in [3.63, 3.8) is 0 Å². The first-order valence-corrected chi connectivity index (χ1v) is 7.58. The third-order valence-corrected chi connectivity index (χ3v) is 4.62. The Hall–Kier alpha value is -2.47. The Morgan fingerprint density at radius 2 is 2.00 bits per heavy atom. The zero-order valence-corrected chi connectivity index (χ0v) is 12.1. The van der Waals surface area contributed by atoms with Crippen LogP contribution in [0.15, 0.2) is 56.6 Å². The van der Waals surface area contributed by atoms with Crippen LogP contribution in [-0.4, -0.2) is 11.0 Å². The number of anilines is 2. The molecule has 4 rings (SSSR count). The van der Waals surface area contributed by atoms with Crippen molar-refractivity contribution in [1.82, 2.24) is 0 Å². The van der Waals surface area contributed by atoms with Crippen molar-refractivity contribution in [3.05, 3.63) is 58.7 Å². The van der Waals surface area contributed by atoms with E-state index in [-0.39, 0.29) is 5.58 Å². The van der Waals surface area contributed by atoms with Gasteiger partial charge in [0.25, 0.3) is 0 Å². The SMILES string of the molecule is O=c1oc2cc(O)c(F)cc2cc1N1CSc2ccccc21. The molecule has 0 saturated carbocycles. The van der Waals surface area contributed by atoms with Crippen LogP contribution in [0.25, 0.3) is 11.0 Å². The van der Waals surface area contributed by atoms with Crippen LogP contribution in [0.3, 0.4) is 0 Å². The van der Waals surface area contributed by atoms with E-state index in [2.05, 4.69) is 0 Å². The smallest absolute Gasteiger partial charge is 0.360 e. The van der Waals surface area contributed by atoms with E-state index in [4.69, 9.17) is 4.42 Å². The van der Waals surface area contributed by atoms with Gasteiger partial charge >= 0.3 is 5.63 Å². The maximum Gasteiger partial charge on any atom is 0.360 e. The number of phenols is 1. The zero-order valence-electron chi connectivity index (χ0n) is 11.2. The molecule has 0 unspecified atom stereocenters. The zero-order chi connectivity index (χ0) is 15.3. The van der Waals surface area contributed by atoms with Crippen LogP contribution < -0.4 is 10.5 Å². The first-order valence-electron chi connectivity index (χ1n) is 6.59. The number of phenolic OH excluding ortho intramolecular Hbond substituents is 1. The van der Waals surface area contributed by atoms with E-state index < -0.39 is 17.2 Å². The van der Waals surface area contributed by atoms with Crippen molar-refractivity contribution < 1.29 is 13.9 Å². The normalized spacial score (nSPS) is 13.6. The summed E-state index contributed by atoms with van der Waals surface area (Å²) in [5.74, 6) is -0.690. The quantitative estimate of drug-likeness (QED) is 0.692. The van der Waals surface area contributed by atoms with Gasteiger partial charge in [-0.2, -0.15) is 0 Å². The molecule has 2 heterocycles. The second kappa shape index (κ2) is 4.78. The Kier molecular flexibility index (Phi) is 2.87. The maximum atomic E-state index is 13.5. The second-order valence-corrected chi connectivity index (χ2v) is 5.92. The summed E-state index contributed by atoms with van der Waals surface area (Å²) >= 11 is 1.62. The van der Waals surface area contributed by atoms with Crippen LogP contribution in [-0.2, 0) is 0 Å². The monoisotopic (exact) mass is 315 g/mol. The van der Waals surface area contributed by atoms with E-state index in [1.54, 1.807) is 17.8 Å². The van der Waals surface area contributed by atoms with E-state index in [1.807, 2.05) is 29.2 Å². The van der Waals surface area contributed by atoms with Crippen molar-refractivity contribution in [2.45, 2.75) is 4.90 Å². The summed E-state index contributed by atoms with van der Waals surface area (Å²) in [6.07, 6.45) is 0. The standard InChI is InChI=1S/C16H10FNO3S/c17-10-5-9-6-12(16(20)21-14(9)7-13(10)19)18-8-22-15-4-2-1-3-11(15)18/h1-7,19H,8H2. The van der Waals surface area contributed by atoms with Crippen LogP contribution in [0, 0.1) is 5.82 Å². The molecule has 3 aromatic rings. The summed E-state index contributed by atoms with van der Waals surface area (Å²) in [6, 6.07) is 11.6. The number of hydrogen-bond donors (Lipinski definition) is 1. The van der Waals surface area contributed by atoms with Gasteiger partial charge in [-0.15, -0.1) is 11.8 Å². The van der Waals surface area contributed by atoms with Crippen LogP contribution >= 0.6 is 11.8 Å². The van der Waals surface area contributed by atoms with Crippen molar-refractivity contribution in [3.8, 4) is 5.75 Å². The van der Waals surface area contributed by atoms with E-state index in [0.717, 1.165) is 22.7 Å². The number of fused-ring (bicyclic) bond motifs is 2. The first kappa shape index (κ1) is 13.2. The number of nitrogens with zero attached hydrogens (tertiary/aromatic N) is 1. The van der Waals surface area contributed by atoms with Gasteiger partial charge in [-0.1, -0.05) is 12.1 Å². The second-order valence-electron chi connectivity index (χ2n) is 4.93. The summed E-state index contributed by atoms with van der Waals surface area (Å²) in [7, 11) is 0. The van der Waals surface area contributed by atoms with E-state index >= 15 is 0 Å². The Morgan fingerprint density at radius 3 is 2.86 bits per heavy atom. The van der Waals surface area contributed by atoms with Crippen LogP contribution in [0.5, 0.6) is 5.75 Å². The number of halogens is 1. The highest BCUT2D eigenvalue weighted by atomic mass is 32.2. The molecule has 0 atom stereocenters. The largest absolute Gasteiger partial charge is 0.505 e. The lowest BCUT2D eigenvalue weighted by Crippen LogP contribution is -2.19. The minimum absolute atomic E-state index is 0.160. The summed E-state index contributed by atoms with van der Waals surface area (Å²) in [5, 5.41) is 9.80. The highest BCUT2D eigenvalue weighted by Crippen LogP contribution is 2.42. The third-order valence-electron chi connectivity index (χ3n) is 3.58. The highest BCUT2D eigenvalue weighted by Gasteiger charge is 2.24. The van der Waals surface area contributed by atoms with Crippen LogP contribution in [0.1, 0.15) is 0 Å². The summed E-state index contributed by atoms with van der Waals surface area (Å²) < 4.78 is 18.7. The summed E-state index contributed by atoms with van der Waals surface area (Å²) in [4.78, 5) is 15.2. The molecular formula is C16H10FNO3S. The molecule has 1 N–H and O–H groups in total. The lowest BCUT2D eigenvalue weighted by Gasteiger charge is -2.17. The number of thioether (sulfide) groups is 1. The van der Waals surface area contributed by atoms with E-state index in [9.17, 15) is 14.3 Å². The topological polar surface area (TPSA) is 53.7 Å². The molecular weight excluding hydrogens is 305 g/mol. The Labute approximate surface area is 128 Å². The molecule has 22 heavy (non-hydrogen) atoms. The maximum absolute atomic E-state index is 13.5. The summed E-state index contributed by atoms with van der Waals surface area (Å²) in [6.45, 7) is 0. The molecule has 0 saturated heterocycles. The van der Waals surface area contributed by atoms with Gasteiger partial charge in [0.1, 0.15) is 11.3 Å². The predicted molar refractivity (Wildman–Crippen MR) is 83.4 cm³/mol. The van der Waals surface area contributed by atoms with Gasteiger partial charge in [-0.3, -0.25) is 0 Å². The average molecular weight is 315 g/mol. The number of hydrogen-bond acceptors (Lipinski definition) is 5.